The van der Waals surface area contributed by atoms with Crippen molar-refractivity contribution in [1.29, 1.82) is 0 Å². The Kier molecular flexibility index (Phi) is 3.99. The maximum absolute atomic E-state index is 5.04. The smallest absolute Gasteiger partial charge is 0.206 e. The highest BCUT2D eigenvalue weighted by molar-refractivity contribution is 5.98. The summed E-state index contributed by atoms with van der Waals surface area (Å²) in [7, 11) is 0. The van der Waals surface area contributed by atoms with E-state index >= 15 is 0 Å². The average Bonchev–Trinajstić information content (AvgIpc) is 3.29. The molecule has 4 heterocycles. The van der Waals surface area contributed by atoms with Crippen LogP contribution >= 0.6 is 0 Å². The summed E-state index contributed by atoms with van der Waals surface area (Å²) in [6.07, 6.45) is 5.32. The van der Waals surface area contributed by atoms with Crippen LogP contribution in [-0.4, -0.2) is 29.5 Å². The molecule has 0 saturated carbocycles. The second-order valence-electron chi connectivity index (χ2n) is 7.15. The minimum absolute atomic E-state index is 0.534. The lowest BCUT2D eigenvalue weighted by Crippen LogP contribution is -1.96. The number of benzene rings is 2. The van der Waals surface area contributed by atoms with Crippen LogP contribution in [0.25, 0.3) is 50.6 Å². The van der Waals surface area contributed by atoms with Crippen molar-refractivity contribution in [3.05, 3.63) is 97.5 Å². The third kappa shape index (κ3) is 2.93. The molecule has 146 valence electrons. The van der Waals surface area contributed by atoms with Crippen molar-refractivity contribution in [2.75, 3.05) is 0 Å². The number of nitrogens with zero attached hydrogens (tertiary/aromatic N) is 6. The van der Waals surface area contributed by atoms with Crippen molar-refractivity contribution in [2.24, 2.45) is 0 Å². The SMILES string of the molecule is c1ccc(-c2cc3c(ccn4c(-c5ncccn5)nnc34)nc2-c2ccccc2)cc1. The fourth-order valence-electron chi connectivity index (χ4n) is 3.82. The summed E-state index contributed by atoms with van der Waals surface area (Å²) in [5.41, 5.74) is 5.75. The predicted molar refractivity (Wildman–Crippen MR) is 120 cm³/mol. The van der Waals surface area contributed by atoms with Crippen LogP contribution in [0, 0.1) is 0 Å². The standard InChI is InChI=1S/C25H16N6/c1-3-8-17(9-4-1)19-16-20-21(28-22(19)18-10-5-2-6-11-18)12-15-31-24(20)29-30-25(31)23-26-13-7-14-27-23/h1-16H. The summed E-state index contributed by atoms with van der Waals surface area (Å²) < 4.78 is 1.91. The van der Waals surface area contributed by atoms with Gasteiger partial charge in [0.2, 0.25) is 5.82 Å². The Morgan fingerprint density at radius 3 is 2.13 bits per heavy atom. The highest BCUT2D eigenvalue weighted by Crippen LogP contribution is 2.34. The second-order valence-corrected chi connectivity index (χ2v) is 7.15. The summed E-state index contributed by atoms with van der Waals surface area (Å²) in [6, 6.07) is 26.5. The van der Waals surface area contributed by atoms with Crippen LogP contribution < -0.4 is 0 Å². The topological polar surface area (TPSA) is 68.9 Å². The van der Waals surface area contributed by atoms with Gasteiger partial charge in [-0.2, -0.15) is 0 Å². The van der Waals surface area contributed by atoms with Gasteiger partial charge in [0.1, 0.15) is 0 Å². The predicted octanol–water partition coefficient (Wildman–Crippen LogP) is 5.07. The molecule has 6 nitrogen and oxygen atoms in total. The van der Waals surface area contributed by atoms with Crippen molar-refractivity contribution < 1.29 is 0 Å². The van der Waals surface area contributed by atoms with E-state index in [0.717, 1.165) is 38.9 Å². The van der Waals surface area contributed by atoms with Crippen molar-refractivity contribution in [3.63, 3.8) is 0 Å². The summed E-state index contributed by atoms with van der Waals surface area (Å²) in [5, 5.41) is 9.74. The van der Waals surface area contributed by atoms with E-state index in [1.54, 1.807) is 18.5 Å². The molecule has 6 rings (SSSR count). The molecule has 0 amide bonds. The van der Waals surface area contributed by atoms with Gasteiger partial charge in [0, 0.05) is 35.1 Å². The zero-order valence-electron chi connectivity index (χ0n) is 16.4. The van der Waals surface area contributed by atoms with Gasteiger partial charge in [-0.15, -0.1) is 10.2 Å². The largest absolute Gasteiger partial charge is 0.279 e. The molecule has 6 heteroatoms. The lowest BCUT2D eigenvalue weighted by molar-refractivity contribution is 1.05. The van der Waals surface area contributed by atoms with Crippen LogP contribution in [0.2, 0.25) is 0 Å². The molecular formula is C25H16N6. The maximum Gasteiger partial charge on any atom is 0.206 e. The van der Waals surface area contributed by atoms with Gasteiger partial charge < -0.3 is 0 Å². The molecule has 0 N–H and O–H groups in total. The normalized spacial score (nSPS) is 11.2. The number of rotatable bonds is 3. The molecule has 31 heavy (non-hydrogen) atoms. The quantitative estimate of drug-likeness (QED) is 0.415. The van der Waals surface area contributed by atoms with Gasteiger partial charge in [-0.25, -0.2) is 15.0 Å². The lowest BCUT2D eigenvalue weighted by Gasteiger charge is -2.12. The number of hydrogen-bond acceptors (Lipinski definition) is 5. The number of aromatic nitrogens is 6. The van der Waals surface area contributed by atoms with Gasteiger partial charge in [-0.05, 0) is 23.8 Å². The van der Waals surface area contributed by atoms with E-state index in [1.165, 1.54) is 0 Å². The van der Waals surface area contributed by atoms with Gasteiger partial charge in [-0.1, -0.05) is 60.7 Å². The Morgan fingerprint density at radius 1 is 0.677 bits per heavy atom. The van der Waals surface area contributed by atoms with Crippen LogP contribution in [0.1, 0.15) is 0 Å². The van der Waals surface area contributed by atoms with Gasteiger partial charge in [0.15, 0.2) is 11.5 Å². The summed E-state index contributed by atoms with van der Waals surface area (Å²) in [4.78, 5) is 13.7. The lowest BCUT2D eigenvalue weighted by atomic mass is 9.98. The average molecular weight is 400 g/mol. The first-order chi connectivity index (χ1) is 15.4. The van der Waals surface area contributed by atoms with Crippen LogP contribution in [-0.2, 0) is 0 Å². The van der Waals surface area contributed by atoms with Gasteiger partial charge in [-0.3, -0.25) is 4.40 Å². The fraction of sp³-hybridized carbons (Fsp3) is 0. The van der Waals surface area contributed by atoms with E-state index < -0.39 is 0 Å². The molecule has 0 unspecified atom stereocenters. The number of pyridine rings is 2. The van der Waals surface area contributed by atoms with Crippen molar-refractivity contribution in [2.45, 2.75) is 0 Å². The molecule has 4 aromatic heterocycles. The zero-order chi connectivity index (χ0) is 20.6. The van der Waals surface area contributed by atoms with E-state index in [4.69, 9.17) is 4.98 Å². The maximum atomic E-state index is 5.04. The molecular weight excluding hydrogens is 384 g/mol. The van der Waals surface area contributed by atoms with Crippen molar-refractivity contribution >= 4 is 16.6 Å². The Hall–Kier alpha value is -4.45. The molecule has 2 aromatic carbocycles. The van der Waals surface area contributed by atoms with E-state index in [2.05, 4.69) is 50.5 Å². The van der Waals surface area contributed by atoms with Gasteiger partial charge >= 0.3 is 0 Å². The van der Waals surface area contributed by atoms with Crippen LogP contribution in [0.4, 0.5) is 0 Å². The first-order valence-electron chi connectivity index (χ1n) is 9.95. The summed E-state index contributed by atoms with van der Waals surface area (Å²) in [6.45, 7) is 0. The third-order valence-corrected chi connectivity index (χ3v) is 5.27. The van der Waals surface area contributed by atoms with Crippen LogP contribution in [0.15, 0.2) is 97.5 Å². The molecule has 0 aliphatic heterocycles. The van der Waals surface area contributed by atoms with Crippen molar-refractivity contribution in [3.8, 4) is 34.0 Å². The van der Waals surface area contributed by atoms with Crippen molar-refractivity contribution in [1.82, 2.24) is 29.5 Å². The number of fused-ring (bicyclic) bond motifs is 3. The summed E-state index contributed by atoms with van der Waals surface area (Å²) >= 11 is 0. The Morgan fingerprint density at radius 2 is 1.39 bits per heavy atom. The van der Waals surface area contributed by atoms with Gasteiger partial charge in [0.05, 0.1) is 11.2 Å². The Bertz CT molecular complexity index is 1510. The Balaban J connectivity index is 1.65. The zero-order valence-corrected chi connectivity index (χ0v) is 16.4. The molecule has 0 radical (unpaired) electrons. The molecule has 0 bridgehead atoms. The molecule has 0 fully saturated rings. The molecule has 0 aliphatic carbocycles. The molecule has 0 atom stereocenters. The monoisotopic (exact) mass is 400 g/mol. The van der Waals surface area contributed by atoms with E-state index in [-0.39, 0.29) is 0 Å². The molecule has 0 spiro atoms. The molecule has 0 saturated heterocycles. The van der Waals surface area contributed by atoms with Gasteiger partial charge in [0.25, 0.3) is 0 Å². The van der Waals surface area contributed by atoms with E-state index in [0.29, 0.717) is 11.6 Å². The first kappa shape index (κ1) is 17.4. The second kappa shape index (κ2) is 7.11. The minimum Gasteiger partial charge on any atom is -0.279 e. The molecule has 0 aliphatic rings. The third-order valence-electron chi connectivity index (χ3n) is 5.27. The summed E-state index contributed by atoms with van der Waals surface area (Å²) in [5.74, 6) is 1.14. The number of hydrogen-bond donors (Lipinski definition) is 0. The van der Waals surface area contributed by atoms with Crippen LogP contribution in [0.5, 0.6) is 0 Å². The minimum atomic E-state index is 0.534. The van der Waals surface area contributed by atoms with Crippen LogP contribution in [0.3, 0.4) is 0 Å². The Labute approximate surface area is 177 Å². The highest BCUT2D eigenvalue weighted by atomic mass is 15.3. The highest BCUT2D eigenvalue weighted by Gasteiger charge is 2.16. The molecule has 6 aromatic rings. The fourth-order valence-corrected chi connectivity index (χ4v) is 3.82. The van der Waals surface area contributed by atoms with E-state index in [9.17, 15) is 0 Å². The first-order valence-corrected chi connectivity index (χ1v) is 9.95. The van der Waals surface area contributed by atoms with E-state index in [1.807, 2.05) is 53.1 Å².